The molecule has 3 rings (SSSR count). The molecule has 5 heteroatoms. The molecule has 0 aromatic heterocycles. The number of alkyl halides is 3. The number of hydrogen-bond donors (Lipinski definition) is 0. The van der Waals surface area contributed by atoms with E-state index in [1.165, 1.54) is 0 Å². The molecule has 2 aromatic rings. The van der Waals surface area contributed by atoms with Crippen molar-refractivity contribution < 1.29 is 18.0 Å². The van der Waals surface area contributed by atoms with Crippen LogP contribution in [0.4, 0.5) is 18.9 Å². The molecule has 0 aliphatic carbocycles. The molecule has 1 aliphatic rings. The second-order valence-electron chi connectivity index (χ2n) is 4.97. The van der Waals surface area contributed by atoms with Crippen LogP contribution in [0.15, 0.2) is 48.5 Å². The lowest BCUT2D eigenvalue weighted by Gasteiger charge is -2.24. The molecule has 108 valence electrons. The molecule has 1 heterocycles. The minimum Gasteiger partial charge on any atom is -0.299 e. The number of carbonyl (C=O) groups excluding carboxylic acids is 1. The fourth-order valence-corrected chi connectivity index (χ4v) is 2.60. The molecule has 0 saturated heterocycles. The van der Waals surface area contributed by atoms with Gasteiger partial charge in [0.2, 0.25) is 0 Å². The first-order chi connectivity index (χ1) is 9.96. The van der Waals surface area contributed by atoms with Crippen molar-refractivity contribution in [1.29, 1.82) is 0 Å². The minimum absolute atomic E-state index is 0.330. The van der Waals surface area contributed by atoms with Crippen molar-refractivity contribution in [2.45, 2.75) is 12.6 Å². The Balaban J connectivity index is 2.16. The summed E-state index contributed by atoms with van der Waals surface area (Å²) < 4.78 is 38.5. The maximum atomic E-state index is 12.8. The van der Waals surface area contributed by atoms with E-state index >= 15 is 0 Å². The summed E-state index contributed by atoms with van der Waals surface area (Å²) in [7, 11) is 0. The van der Waals surface area contributed by atoms with Crippen molar-refractivity contribution in [1.82, 2.24) is 0 Å². The van der Waals surface area contributed by atoms with Crippen LogP contribution in [-0.2, 0) is 6.42 Å². The number of nitrogens with zero attached hydrogens (tertiary/aromatic N) is 1. The summed E-state index contributed by atoms with van der Waals surface area (Å²) in [5, 5.41) is 0. The zero-order chi connectivity index (χ0) is 15.0. The normalized spacial score (nSPS) is 14.4. The lowest BCUT2D eigenvalue weighted by atomic mass is 10.0. The molecule has 0 atom stereocenters. The maximum Gasteiger partial charge on any atom is 0.406 e. The van der Waals surface area contributed by atoms with Crippen LogP contribution in [0, 0.1) is 0 Å². The summed E-state index contributed by atoms with van der Waals surface area (Å²) in [5.74, 6) is -0.604. The van der Waals surface area contributed by atoms with Crippen LogP contribution >= 0.6 is 0 Å². The van der Waals surface area contributed by atoms with Gasteiger partial charge in [0.1, 0.15) is 6.54 Å². The fourth-order valence-electron chi connectivity index (χ4n) is 2.60. The van der Waals surface area contributed by atoms with E-state index in [1.54, 1.807) is 48.5 Å². The third kappa shape index (κ3) is 2.63. The van der Waals surface area contributed by atoms with E-state index in [2.05, 4.69) is 0 Å². The summed E-state index contributed by atoms with van der Waals surface area (Å²) in [6.07, 6.45) is -3.99. The monoisotopic (exact) mass is 291 g/mol. The van der Waals surface area contributed by atoms with Gasteiger partial charge in [0.25, 0.3) is 5.91 Å². The van der Waals surface area contributed by atoms with E-state index in [4.69, 9.17) is 0 Å². The van der Waals surface area contributed by atoms with Gasteiger partial charge in [0, 0.05) is 17.7 Å². The molecule has 2 nitrogen and oxygen atoms in total. The number of anilines is 1. The summed E-state index contributed by atoms with van der Waals surface area (Å²) in [5.41, 5.74) is 2.13. The Kier molecular flexibility index (Phi) is 3.20. The van der Waals surface area contributed by atoms with Crippen LogP contribution in [0.25, 0.3) is 0 Å². The number of fused-ring (bicyclic) bond motifs is 2. The Morgan fingerprint density at radius 2 is 1.57 bits per heavy atom. The standard InChI is InChI=1S/C16H12F3NO/c17-16(18,19)10-20-14-8-4-2-6-12(14)9-11-5-1-3-7-13(11)15(20)21/h1-8H,9-10H2. The number of para-hydroxylation sites is 1. The molecule has 1 aliphatic heterocycles. The first-order valence-corrected chi connectivity index (χ1v) is 6.50. The highest BCUT2D eigenvalue weighted by Gasteiger charge is 2.36. The number of hydrogen-bond acceptors (Lipinski definition) is 1. The first-order valence-electron chi connectivity index (χ1n) is 6.50. The zero-order valence-electron chi connectivity index (χ0n) is 11.0. The second-order valence-corrected chi connectivity index (χ2v) is 4.97. The van der Waals surface area contributed by atoms with E-state index in [0.29, 0.717) is 17.7 Å². The molecule has 0 N–H and O–H groups in total. The Hall–Kier alpha value is -2.30. The average molecular weight is 291 g/mol. The largest absolute Gasteiger partial charge is 0.406 e. The van der Waals surface area contributed by atoms with Crippen molar-refractivity contribution >= 4 is 11.6 Å². The summed E-state index contributed by atoms with van der Waals surface area (Å²) in [6.45, 7) is -1.28. The van der Waals surface area contributed by atoms with Crippen molar-refractivity contribution in [3.8, 4) is 0 Å². The molecular formula is C16H12F3NO. The average Bonchev–Trinajstić information content (AvgIpc) is 2.55. The topological polar surface area (TPSA) is 20.3 Å². The van der Waals surface area contributed by atoms with Gasteiger partial charge in [-0.2, -0.15) is 13.2 Å². The minimum atomic E-state index is -4.44. The SMILES string of the molecule is O=C1c2ccccc2Cc2ccccc2N1CC(F)(F)F. The predicted molar refractivity (Wildman–Crippen MR) is 73.4 cm³/mol. The van der Waals surface area contributed by atoms with Crippen LogP contribution in [0.1, 0.15) is 21.5 Å². The maximum absolute atomic E-state index is 12.8. The van der Waals surface area contributed by atoms with Gasteiger partial charge in [-0.1, -0.05) is 36.4 Å². The van der Waals surface area contributed by atoms with Gasteiger partial charge in [-0.3, -0.25) is 9.69 Å². The van der Waals surface area contributed by atoms with Gasteiger partial charge in [-0.15, -0.1) is 0 Å². The third-order valence-electron chi connectivity index (χ3n) is 3.49. The molecule has 0 unspecified atom stereocenters. The van der Waals surface area contributed by atoms with E-state index in [9.17, 15) is 18.0 Å². The number of amides is 1. The molecule has 0 fully saturated rings. The van der Waals surface area contributed by atoms with Crippen molar-refractivity contribution in [3.05, 3.63) is 65.2 Å². The van der Waals surface area contributed by atoms with Gasteiger partial charge in [-0.05, 0) is 23.3 Å². The van der Waals surface area contributed by atoms with Gasteiger partial charge < -0.3 is 0 Å². The quantitative estimate of drug-likeness (QED) is 0.782. The lowest BCUT2D eigenvalue weighted by molar-refractivity contribution is -0.118. The van der Waals surface area contributed by atoms with E-state index in [0.717, 1.165) is 16.0 Å². The number of carbonyl (C=O) groups is 1. The molecule has 21 heavy (non-hydrogen) atoms. The Bertz CT molecular complexity index is 694. The third-order valence-corrected chi connectivity index (χ3v) is 3.49. The predicted octanol–water partition coefficient (Wildman–Crippen LogP) is 3.80. The zero-order valence-corrected chi connectivity index (χ0v) is 11.0. The van der Waals surface area contributed by atoms with Gasteiger partial charge >= 0.3 is 6.18 Å². The van der Waals surface area contributed by atoms with Crippen LogP contribution < -0.4 is 4.90 Å². The van der Waals surface area contributed by atoms with Crippen molar-refractivity contribution in [3.63, 3.8) is 0 Å². The Morgan fingerprint density at radius 3 is 2.29 bits per heavy atom. The molecule has 0 bridgehead atoms. The summed E-state index contributed by atoms with van der Waals surface area (Å²) in [4.78, 5) is 13.3. The molecule has 0 radical (unpaired) electrons. The van der Waals surface area contributed by atoms with Crippen molar-refractivity contribution in [2.24, 2.45) is 0 Å². The molecule has 0 saturated carbocycles. The highest BCUT2D eigenvalue weighted by atomic mass is 19.4. The Morgan fingerprint density at radius 1 is 0.952 bits per heavy atom. The number of benzene rings is 2. The molecule has 0 spiro atoms. The smallest absolute Gasteiger partial charge is 0.299 e. The van der Waals surface area contributed by atoms with Crippen molar-refractivity contribution in [2.75, 3.05) is 11.4 Å². The highest BCUT2D eigenvalue weighted by molar-refractivity contribution is 6.08. The second kappa shape index (κ2) is 4.91. The number of halogens is 3. The van der Waals surface area contributed by atoms with E-state index < -0.39 is 18.6 Å². The van der Waals surface area contributed by atoms with E-state index in [-0.39, 0.29) is 0 Å². The lowest BCUT2D eigenvalue weighted by Crippen LogP contribution is -2.39. The molecule has 2 aromatic carbocycles. The van der Waals surface area contributed by atoms with Crippen LogP contribution in [0.2, 0.25) is 0 Å². The molecule has 1 amide bonds. The van der Waals surface area contributed by atoms with Crippen LogP contribution in [0.5, 0.6) is 0 Å². The number of rotatable bonds is 1. The first kappa shape index (κ1) is 13.7. The highest BCUT2D eigenvalue weighted by Crippen LogP contribution is 2.32. The van der Waals surface area contributed by atoms with Gasteiger partial charge in [-0.25, -0.2) is 0 Å². The fraction of sp³-hybridized carbons (Fsp3) is 0.188. The van der Waals surface area contributed by atoms with Gasteiger partial charge in [0.15, 0.2) is 0 Å². The summed E-state index contributed by atoms with van der Waals surface area (Å²) in [6, 6.07) is 13.5. The summed E-state index contributed by atoms with van der Waals surface area (Å²) >= 11 is 0. The van der Waals surface area contributed by atoms with Crippen LogP contribution in [0.3, 0.4) is 0 Å². The van der Waals surface area contributed by atoms with Gasteiger partial charge in [0.05, 0.1) is 0 Å². The Labute approximate surface area is 119 Å². The molecular weight excluding hydrogens is 279 g/mol. The van der Waals surface area contributed by atoms with E-state index in [1.807, 2.05) is 0 Å². The van der Waals surface area contributed by atoms with Crippen LogP contribution in [-0.4, -0.2) is 18.6 Å².